The number of halogens is 1. The first-order chi connectivity index (χ1) is 25.9. The molecular weight excluding hydrogens is 799 g/mol. The molecule has 5 rings (SSSR count). The summed E-state index contributed by atoms with van der Waals surface area (Å²) in [6.07, 6.45) is 0.942. The fraction of sp³-hybridized carbons (Fsp3) is 0.300. The van der Waals surface area contributed by atoms with E-state index in [1.165, 1.54) is 11.8 Å². The van der Waals surface area contributed by atoms with Gasteiger partial charge >= 0.3 is 0 Å². The largest absolute Gasteiger partial charge is 0.370 e. The van der Waals surface area contributed by atoms with Crippen molar-refractivity contribution in [1.29, 1.82) is 0 Å². The SMILES string of the molecule is CC(=O)N[C@H](Cc1ccc2ccccc2c1)C(=O)N[C@@H](CCCN=C(N)N)C(=O)N[C@H](Cc1ccc(I)cc1)C(=O)N1Cc2ccccc2C[C@H]1C(N)=O. The number of nitrogens with one attached hydrogen (secondary N) is 3. The Labute approximate surface area is 327 Å². The van der Waals surface area contributed by atoms with E-state index in [1.807, 2.05) is 91.0 Å². The van der Waals surface area contributed by atoms with E-state index in [0.29, 0.717) is 6.42 Å². The number of carbonyl (C=O) groups excluding carboxylic acids is 5. The molecule has 0 radical (unpaired) electrons. The van der Waals surface area contributed by atoms with Crippen LogP contribution in [0.25, 0.3) is 10.8 Å². The van der Waals surface area contributed by atoms with Crippen LogP contribution >= 0.6 is 22.6 Å². The van der Waals surface area contributed by atoms with Gasteiger partial charge in [0.25, 0.3) is 0 Å². The molecule has 0 bridgehead atoms. The number of aliphatic imine (C=N–C) groups is 1. The van der Waals surface area contributed by atoms with Gasteiger partial charge in [-0.2, -0.15) is 0 Å². The maximum absolute atomic E-state index is 14.5. The molecule has 5 amide bonds. The van der Waals surface area contributed by atoms with Crippen molar-refractivity contribution in [3.8, 4) is 0 Å². The highest BCUT2D eigenvalue weighted by Gasteiger charge is 2.38. The van der Waals surface area contributed by atoms with Crippen LogP contribution < -0.4 is 33.2 Å². The Morgan fingerprint density at radius 1 is 0.759 bits per heavy atom. The van der Waals surface area contributed by atoms with E-state index in [4.69, 9.17) is 17.2 Å². The zero-order chi connectivity index (χ0) is 38.8. The van der Waals surface area contributed by atoms with Crippen molar-refractivity contribution in [1.82, 2.24) is 20.9 Å². The Morgan fingerprint density at radius 2 is 1.37 bits per heavy atom. The van der Waals surface area contributed by atoms with Crippen molar-refractivity contribution >= 4 is 68.9 Å². The zero-order valence-electron chi connectivity index (χ0n) is 30.0. The average molecular weight is 845 g/mol. The number of guanidine groups is 1. The van der Waals surface area contributed by atoms with E-state index in [-0.39, 0.29) is 44.7 Å². The maximum atomic E-state index is 14.5. The smallest absolute Gasteiger partial charge is 0.246 e. The lowest BCUT2D eigenvalue weighted by Gasteiger charge is -2.37. The van der Waals surface area contributed by atoms with Crippen LogP contribution in [0.1, 0.15) is 42.0 Å². The van der Waals surface area contributed by atoms with Crippen LogP contribution in [0.4, 0.5) is 0 Å². The molecule has 1 heterocycles. The van der Waals surface area contributed by atoms with Gasteiger partial charge in [0.2, 0.25) is 29.5 Å². The summed E-state index contributed by atoms with van der Waals surface area (Å²) < 4.78 is 0.991. The number of carbonyl (C=O) groups is 5. The number of fused-ring (bicyclic) bond motifs is 2. The molecule has 4 aromatic carbocycles. The second-order valence-electron chi connectivity index (χ2n) is 13.4. The molecule has 282 valence electrons. The topological polar surface area (TPSA) is 215 Å². The van der Waals surface area contributed by atoms with E-state index >= 15 is 0 Å². The molecule has 1 aliphatic rings. The summed E-state index contributed by atoms with van der Waals surface area (Å²) in [5.74, 6) is -2.88. The lowest BCUT2D eigenvalue weighted by atomic mass is 9.92. The van der Waals surface area contributed by atoms with E-state index in [1.54, 1.807) is 0 Å². The molecule has 0 fully saturated rings. The van der Waals surface area contributed by atoms with Gasteiger partial charge in [0.1, 0.15) is 24.2 Å². The standard InChI is InChI=1S/C40H45IN8O5/c1-24(50)46-33(21-26-12-15-27-7-2-3-8-28(27)19-26)38(53)47-32(11-6-18-45-40(43)44)37(52)48-34(20-25-13-16-31(41)17-14-25)39(54)49-23-30-10-5-4-9-29(30)22-35(49)36(42)51/h2-5,7-10,12-17,19,32-35H,6,11,18,20-23H2,1H3,(H2,42,51)(H,46,50)(H,47,53)(H,48,52)(H4,43,44,45)/t32-,33+,34+,35-/m0/s1. The summed E-state index contributed by atoms with van der Waals surface area (Å²) in [5, 5.41) is 10.5. The van der Waals surface area contributed by atoms with Gasteiger partial charge in [-0.05, 0) is 80.6 Å². The monoisotopic (exact) mass is 844 g/mol. The molecule has 0 saturated heterocycles. The van der Waals surface area contributed by atoms with E-state index in [9.17, 15) is 24.0 Å². The molecule has 0 aliphatic carbocycles. The van der Waals surface area contributed by atoms with Gasteiger partial charge in [0.15, 0.2) is 5.96 Å². The van der Waals surface area contributed by atoms with Crippen molar-refractivity contribution in [2.75, 3.05) is 6.54 Å². The van der Waals surface area contributed by atoms with Crippen LogP contribution in [0.15, 0.2) is 96.0 Å². The number of amides is 5. The van der Waals surface area contributed by atoms with Crippen molar-refractivity contribution in [2.45, 2.75) is 69.7 Å². The lowest BCUT2D eigenvalue weighted by molar-refractivity contribution is -0.144. The van der Waals surface area contributed by atoms with Crippen LogP contribution in [0, 0.1) is 3.57 Å². The Bertz CT molecular complexity index is 2030. The Balaban J connectivity index is 1.41. The fourth-order valence-electron chi connectivity index (χ4n) is 6.64. The highest BCUT2D eigenvalue weighted by molar-refractivity contribution is 14.1. The van der Waals surface area contributed by atoms with Crippen LogP contribution in [0.2, 0.25) is 0 Å². The molecule has 4 atom stereocenters. The number of rotatable bonds is 15. The molecule has 0 spiro atoms. The van der Waals surface area contributed by atoms with Gasteiger partial charge in [-0.25, -0.2) is 0 Å². The van der Waals surface area contributed by atoms with E-state index in [0.717, 1.165) is 36.6 Å². The summed E-state index contributed by atoms with van der Waals surface area (Å²) in [6, 6.07) is 24.5. The Morgan fingerprint density at radius 3 is 2.06 bits per heavy atom. The third-order valence-corrected chi connectivity index (χ3v) is 10.1. The molecule has 14 heteroatoms. The van der Waals surface area contributed by atoms with Crippen molar-refractivity contribution < 1.29 is 24.0 Å². The number of primary amides is 1. The third-order valence-electron chi connectivity index (χ3n) is 9.35. The van der Waals surface area contributed by atoms with Gasteiger partial charge in [0, 0.05) is 42.8 Å². The minimum Gasteiger partial charge on any atom is -0.370 e. The molecule has 54 heavy (non-hydrogen) atoms. The zero-order valence-corrected chi connectivity index (χ0v) is 32.1. The van der Waals surface area contributed by atoms with Gasteiger partial charge < -0.3 is 38.1 Å². The Kier molecular flexibility index (Phi) is 13.6. The van der Waals surface area contributed by atoms with Crippen LogP contribution in [-0.2, 0) is 49.8 Å². The molecule has 0 unspecified atom stereocenters. The maximum Gasteiger partial charge on any atom is 0.246 e. The highest BCUT2D eigenvalue weighted by atomic mass is 127. The first-order valence-corrected chi connectivity index (χ1v) is 18.8. The third kappa shape index (κ3) is 10.8. The molecule has 4 aromatic rings. The van der Waals surface area contributed by atoms with Gasteiger partial charge in [-0.3, -0.25) is 29.0 Å². The molecule has 1 aliphatic heterocycles. The summed E-state index contributed by atoms with van der Waals surface area (Å²) in [5.41, 5.74) is 20.3. The van der Waals surface area contributed by atoms with E-state index in [2.05, 4.69) is 43.5 Å². The first kappa shape index (κ1) is 39.7. The minimum atomic E-state index is -1.14. The van der Waals surface area contributed by atoms with Gasteiger partial charge in [-0.15, -0.1) is 0 Å². The highest BCUT2D eigenvalue weighted by Crippen LogP contribution is 2.25. The summed E-state index contributed by atoms with van der Waals surface area (Å²) in [6.45, 7) is 1.64. The quantitative estimate of drug-likeness (QED) is 0.0454. The van der Waals surface area contributed by atoms with Crippen molar-refractivity contribution in [3.05, 3.63) is 117 Å². The molecule has 13 nitrogen and oxygen atoms in total. The van der Waals surface area contributed by atoms with Gasteiger partial charge in [0.05, 0.1) is 0 Å². The normalized spacial score (nSPS) is 15.2. The number of hydrogen-bond acceptors (Lipinski definition) is 6. The van der Waals surface area contributed by atoms with Crippen molar-refractivity contribution in [2.24, 2.45) is 22.2 Å². The van der Waals surface area contributed by atoms with E-state index < -0.39 is 53.7 Å². The fourth-order valence-corrected chi connectivity index (χ4v) is 7.00. The summed E-state index contributed by atoms with van der Waals surface area (Å²) >= 11 is 2.18. The summed E-state index contributed by atoms with van der Waals surface area (Å²) in [7, 11) is 0. The molecule has 0 saturated carbocycles. The second-order valence-corrected chi connectivity index (χ2v) is 14.6. The predicted octanol–water partition coefficient (Wildman–Crippen LogP) is 2.20. The lowest BCUT2D eigenvalue weighted by Crippen LogP contribution is -2.60. The molecule has 0 aromatic heterocycles. The molecular formula is C40H45IN8O5. The second kappa shape index (κ2) is 18.5. The summed E-state index contributed by atoms with van der Waals surface area (Å²) in [4.78, 5) is 73.1. The Hall–Kier alpha value is -5.51. The average Bonchev–Trinajstić information content (AvgIpc) is 3.15. The number of benzene rings is 4. The number of hydrogen-bond donors (Lipinski definition) is 6. The predicted molar refractivity (Wildman–Crippen MR) is 216 cm³/mol. The van der Waals surface area contributed by atoms with Crippen molar-refractivity contribution in [3.63, 3.8) is 0 Å². The number of nitrogens with two attached hydrogens (primary N) is 3. The minimum absolute atomic E-state index is 0.107. The van der Waals surface area contributed by atoms with Crippen LogP contribution in [-0.4, -0.2) is 71.1 Å². The van der Waals surface area contributed by atoms with Gasteiger partial charge in [-0.1, -0.05) is 78.9 Å². The van der Waals surface area contributed by atoms with Crippen LogP contribution in [0.5, 0.6) is 0 Å². The number of nitrogens with zero attached hydrogens (tertiary/aromatic N) is 2. The van der Waals surface area contributed by atoms with Crippen LogP contribution in [0.3, 0.4) is 0 Å². The molecule has 9 N–H and O–H groups in total. The first-order valence-electron chi connectivity index (χ1n) is 17.7.